The van der Waals surface area contributed by atoms with E-state index in [-0.39, 0.29) is 31.7 Å². The van der Waals surface area contributed by atoms with Gasteiger partial charge in [-0.1, -0.05) is 0 Å². The SMILES string of the molecule is O.O=CCCO.OCC(O)CO. The molecule has 0 bridgehead atoms. The van der Waals surface area contributed by atoms with Crippen molar-refractivity contribution < 1.29 is 30.7 Å². The molecule has 0 saturated heterocycles. The summed E-state index contributed by atoms with van der Waals surface area (Å²) in [7, 11) is 0. The monoisotopic (exact) mass is 184 g/mol. The van der Waals surface area contributed by atoms with Crippen molar-refractivity contribution in [1.29, 1.82) is 0 Å². The molecular formula is C6H16O6. The van der Waals surface area contributed by atoms with Gasteiger partial charge in [-0.2, -0.15) is 0 Å². The van der Waals surface area contributed by atoms with E-state index in [1.807, 2.05) is 0 Å². The van der Waals surface area contributed by atoms with Crippen LogP contribution in [0.4, 0.5) is 0 Å². The van der Waals surface area contributed by atoms with Crippen LogP contribution in [0.25, 0.3) is 0 Å². The van der Waals surface area contributed by atoms with Crippen molar-refractivity contribution in [2.45, 2.75) is 12.5 Å². The maximum absolute atomic E-state index is 9.24. The van der Waals surface area contributed by atoms with Gasteiger partial charge in [-0.05, 0) is 0 Å². The topological polar surface area (TPSA) is 129 Å². The molecule has 0 aromatic heterocycles. The molecule has 0 aliphatic rings. The quantitative estimate of drug-likeness (QED) is 0.348. The number of rotatable bonds is 4. The lowest BCUT2D eigenvalue weighted by Gasteiger charge is -1.96. The Morgan fingerprint density at radius 1 is 1.17 bits per heavy atom. The molecule has 0 spiro atoms. The van der Waals surface area contributed by atoms with Crippen LogP contribution in [0.1, 0.15) is 6.42 Å². The van der Waals surface area contributed by atoms with E-state index in [0.717, 1.165) is 0 Å². The molecule has 0 atom stereocenters. The van der Waals surface area contributed by atoms with E-state index in [1.54, 1.807) is 0 Å². The minimum atomic E-state index is -0.954. The predicted octanol–water partition coefficient (Wildman–Crippen LogP) is -2.93. The lowest BCUT2D eigenvalue weighted by molar-refractivity contribution is -0.108. The second kappa shape index (κ2) is 16.8. The van der Waals surface area contributed by atoms with Gasteiger partial charge in [0.05, 0.1) is 13.2 Å². The van der Waals surface area contributed by atoms with Gasteiger partial charge in [-0.15, -0.1) is 0 Å². The Bertz CT molecular complexity index is 72.4. The van der Waals surface area contributed by atoms with Gasteiger partial charge < -0.3 is 30.7 Å². The van der Waals surface area contributed by atoms with Crippen molar-refractivity contribution in [1.82, 2.24) is 0 Å². The third kappa shape index (κ3) is 22.7. The Morgan fingerprint density at radius 2 is 1.58 bits per heavy atom. The van der Waals surface area contributed by atoms with E-state index < -0.39 is 6.10 Å². The van der Waals surface area contributed by atoms with Crippen molar-refractivity contribution in [2.24, 2.45) is 0 Å². The number of aliphatic hydroxyl groups excluding tert-OH is 4. The normalized spacial score (nSPS) is 8.08. The Hall–Kier alpha value is -0.530. The van der Waals surface area contributed by atoms with E-state index in [4.69, 9.17) is 20.4 Å². The average molecular weight is 184 g/mol. The molecule has 6 nitrogen and oxygen atoms in total. The van der Waals surface area contributed by atoms with Crippen LogP contribution in [0.5, 0.6) is 0 Å². The zero-order chi connectivity index (χ0) is 9.11. The zero-order valence-corrected chi connectivity index (χ0v) is 6.68. The Kier molecular flexibility index (Phi) is 24.6. The first kappa shape index (κ1) is 17.5. The predicted molar refractivity (Wildman–Crippen MR) is 41.6 cm³/mol. The first-order chi connectivity index (χ1) is 5.22. The van der Waals surface area contributed by atoms with E-state index >= 15 is 0 Å². The Morgan fingerprint density at radius 3 is 1.58 bits per heavy atom. The smallest absolute Gasteiger partial charge is 0.122 e. The molecule has 0 aliphatic carbocycles. The highest BCUT2D eigenvalue weighted by Crippen LogP contribution is 1.71. The molecular weight excluding hydrogens is 168 g/mol. The first-order valence-corrected chi connectivity index (χ1v) is 3.17. The van der Waals surface area contributed by atoms with Crippen molar-refractivity contribution in [3.05, 3.63) is 0 Å². The molecule has 6 heteroatoms. The molecule has 0 aliphatic heterocycles. The maximum Gasteiger partial charge on any atom is 0.122 e. The fraction of sp³-hybridized carbons (Fsp3) is 0.833. The summed E-state index contributed by atoms with van der Waals surface area (Å²) in [5.41, 5.74) is 0. The first-order valence-electron chi connectivity index (χ1n) is 3.17. The van der Waals surface area contributed by atoms with E-state index in [2.05, 4.69) is 0 Å². The van der Waals surface area contributed by atoms with Crippen molar-refractivity contribution in [3.8, 4) is 0 Å². The summed E-state index contributed by atoms with van der Waals surface area (Å²) >= 11 is 0. The zero-order valence-electron chi connectivity index (χ0n) is 6.68. The third-order valence-corrected chi connectivity index (χ3v) is 0.668. The third-order valence-electron chi connectivity index (χ3n) is 0.668. The fourth-order valence-electron chi connectivity index (χ4n) is 0.110. The van der Waals surface area contributed by atoms with Crippen LogP contribution in [0, 0.1) is 0 Å². The summed E-state index contributed by atoms with van der Waals surface area (Å²) < 4.78 is 0. The van der Waals surface area contributed by atoms with Gasteiger partial charge in [0.25, 0.3) is 0 Å². The maximum atomic E-state index is 9.24. The number of carbonyl (C=O) groups is 1. The van der Waals surface area contributed by atoms with Gasteiger partial charge in [0, 0.05) is 13.0 Å². The summed E-state index contributed by atoms with van der Waals surface area (Å²) in [6.45, 7) is -0.753. The fourth-order valence-corrected chi connectivity index (χ4v) is 0.110. The average Bonchev–Trinajstić information content (AvgIpc) is 2.06. The summed E-state index contributed by atoms with van der Waals surface area (Å²) in [5.74, 6) is 0. The number of carbonyl (C=O) groups excluding carboxylic acids is 1. The Labute approximate surface area is 70.4 Å². The molecule has 0 aromatic rings. The lowest BCUT2D eigenvalue weighted by atomic mass is 10.4. The van der Waals surface area contributed by atoms with E-state index in [1.165, 1.54) is 0 Å². The number of aliphatic hydroxyl groups is 4. The summed E-state index contributed by atoms with van der Waals surface area (Å²) in [6.07, 6.45) is -0.00926. The molecule has 12 heavy (non-hydrogen) atoms. The van der Waals surface area contributed by atoms with Crippen LogP contribution in [0.15, 0.2) is 0 Å². The van der Waals surface area contributed by atoms with E-state index in [0.29, 0.717) is 6.29 Å². The summed E-state index contributed by atoms with van der Waals surface area (Å²) in [6, 6.07) is 0. The number of aldehydes is 1. The molecule has 6 N–H and O–H groups in total. The highest BCUT2D eigenvalue weighted by molar-refractivity contribution is 5.49. The molecule has 0 unspecified atom stereocenters. The van der Waals surface area contributed by atoms with Crippen molar-refractivity contribution in [3.63, 3.8) is 0 Å². The van der Waals surface area contributed by atoms with Gasteiger partial charge >= 0.3 is 0 Å². The van der Waals surface area contributed by atoms with Crippen molar-refractivity contribution in [2.75, 3.05) is 19.8 Å². The minimum Gasteiger partial charge on any atom is -0.412 e. The minimum absolute atomic E-state index is 0. The molecule has 0 aromatic carbocycles. The van der Waals surface area contributed by atoms with Crippen LogP contribution in [0.3, 0.4) is 0 Å². The van der Waals surface area contributed by atoms with Gasteiger partial charge in [-0.25, -0.2) is 0 Å². The highest BCUT2D eigenvalue weighted by Gasteiger charge is 1.93. The number of hydrogen-bond acceptors (Lipinski definition) is 5. The second-order valence-electron chi connectivity index (χ2n) is 1.70. The van der Waals surface area contributed by atoms with Crippen LogP contribution in [-0.2, 0) is 4.79 Å². The molecule has 0 radical (unpaired) electrons. The van der Waals surface area contributed by atoms with Gasteiger partial charge in [0.2, 0.25) is 0 Å². The molecule has 0 heterocycles. The molecule has 0 rings (SSSR count). The van der Waals surface area contributed by atoms with Gasteiger partial charge in [0.1, 0.15) is 12.4 Å². The molecule has 0 fully saturated rings. The summed E-state index contributed by atoms with van der Waals surface area (Å²) in [4.78, 5) is 9.24. The Balaban J connectivity index is -0.000000126. The largest absolute Gasteiger partial charge is 0.412 e. The highest BCUT2D eigenvalue weighted by atomic mass is 16.3. The second-order valence-corrected chi connectivity index (χ2v) is 1.70. The van der Waals surface area contributed by atoms with E-state index in [9.17, 15) is 4.79 Å². The van der Waals surface area contributed by atoms with Crippen LogP contribution in [0.2, 0.25) is 0 Å². The molecule has 0 saturated carbocycles. The van der Waals surface area contributed by atoms with Crippen LogP contribution < -0.4 is 0 Å². The lowest BCUT2D eigenvalue weighted by Crippen LogP contribution is -2.15. The standard InChI is InChI=1S/C3H8O3.C3H6O2.H2O/c4-1-3(6)2-5;4-2-1-3-5;/h3-6H,1-2H2;2,5H,1,3H2;1H2. The molecule has 76 valence electrons. The number of hydrogen-bond donors (Lipinski definition) is 4. The van der Waals surface area contributed by atoms with Gasteiger partial charge in [-0.3, -0.25) is 0 Å². The van der Waals surface area contributed by atoms with Crippen LogP contribution in [-0.4, -0.2) is 58.1 Å². The van der Waals surface area contributed by atoms with Gasteiger partial charge in [0.15, 0.2) is 0 Å². The van der Waals surface area contributed by atoms with Crippen LogP contribution >= 0.6 is 0 Å². The molecule has 0 amide bonds. The van der Waals surface area contributed by atoms with Crippen molar-refractivity contribution >= 4 is 6.29 Å². The summed E-state index contributed by atoms with van der Waals surface area (Å²) in [5, 5.41) is 31.9.